The summed E-state index contributed by atoms with van der Waals surface area (Å²) < 4.78 is 6.93. The van der Waals surface area contributed by atoms with Gasteiger partial charge in [0.25, 0.3) is 0 Å². The third-order valence-corrected chi connectivity index (χ3v) is 18.2. The van der Waals surface area contributed by atoms with Crippen LogP contribution in [0.4, 0.5) is 17.1 Å². The van der Waals surface area contributed by atoms with E-state index < -0.39 is 10.8 Å². The summed E-state index contributed by atoms with van der Waals surface area (Å²) in [5, 5.41) is 2.13. The molecule has 17 rings (SSSR count). The van der Waals surface area contributed by atoms with Crippen molar-refractivity contribution >= 4 is 39.0 Å². The third-order valence-electron chi connectivity index (χ3n) is 18.2. The summed E-state index contributed by atoms with van der Waals surface area (Å²) in [6, 6.07) is 115. The molecule has 1 aromatic heterocycles. The van der Waals surface area contributed by atoms with Crippen molar-refractivity contribution < 1.29 is 4.42 Å². The minimum Gasteiger partial charge on any atom is -0.456 e. The van der Waals surface area contributed by atoms with Crippen molar-refractivity contribution in [1.82, 2.24) is 0 Å². The van der Waals surface area contributed by atoms with Crippen molar-refractivity contribution in [1.29, 1.82) is 0 Å². The average Bonchev–Trinajstić information content (AvgIpc) is 1.91. The van der Waals surface area contributed by atoms with Gasteiger partial charge in [0, 0.05) is 16.6 Å². The van der Waals surface area contributed by atoms with Gasteiger partial charge in [0.05, 0.1) is 27.6 Å². The fraction of sp³-hybridized carbons (Fsp3) is 0.0250. The number of furan rings is 1. The van der Waals surface area contributed by atoms with Crippen LogP contribution in [0.1, 0.15) is 44.5 Å². The molecular formula is C80H51NO. The molecule has 1 spiro atoms. The van der Waals surface area contributed by atoms with Gasteiger partial charge in [-0.05, 0) is 160 Å². The Morgan fingerprint density at radius 3 is 1.34 bits per heavy atom. The highest BCUT2D eigenvalue weighted by Crippen LogP contribution is 2.66. The van der Waals surface area contributed by atoms with E-state index in [0.29, 0.717) is 0 Å². The Labute approximate surface area is 477 Å². The molecule has 14 aromatic rings. The van der Waals surface area contributed by atoms with Crippen LogP contribution in [-0.2, 0) is 10.8 Å². The molecule has 0 saturated heterocycles. The molecule has 0 amide bonds. The van der Waals surface area contributed by atoms with Gasteiger partial charge >= 0.3 is 0 Å². The van der Waals surface area contributed by atoms with Crippen molar-refractivity contribution in [2.45, 2.75) is 10.8 Å². The molecule has 3 aliphatic rings. The number of rotatable bonds is 8. The van der Waals surface area contributed by atoms with Crippen LogP contribution in [0, 0.1) is 0 Å². The smallest absolute Gasteiger partial charge is 0.137 e. The van der Waals surface area contributed by atoms with Crippen molar-refractivity contribution in [3.8, 4) is 66.8 Å². The summed E-state index contributed by atoms with van der Waals surface area (Å²) in [7, 11) is 0. The molecule has 0 N–H and O–H groups in total. The van der Waals surface area contributed by atoms with Gasteiger partial charge in [-0.3, -0.25) is 0 Å². The maximum atomic E-state index is 6.93. The molecule has 0 radical (unpaired) electrons. The first-order valence-corrected chi connectivity index (χ1v) is 28.5. The topological polar surface area (TPSA) is 16.4 Å². The van der Waals surface area contributed by atoms with E-state index in [4.69, 9.17) is 4.42 Å². The van der Waals surface area contributed by atoms with Crippen LogP contribution in [0.15, 0.2) is 314 Å². The van der Waals surface area contributed by atoms with Crippen LogP contribution in [-0.4, -0.2) is 0 Å². The lowest BCUT2D eigenvalue weighted by Gasteiger charge is -2.36. The fourth-order valence-corrected chi connectivity index (χ4v) is 14.8. The summed E-state index contributed by atoms with van der Waals surface area (Å²) in [5.41, 5.74) is 28.3. The summed E-state index contributed by atoms with van der Waals surface area (Å²) in [6.07, 6.45) is 0. The standard InChI is InChI=1S/C80H51NO/c1-5-22-52(23-6-1)55-44-47-75-66(48-55)78-74(40-21-41-76(78)82-75)81(60-31-19-30-59(51-60)79(58-28-11-4-12-29-58)67-35-16-13-32-61(67)63-45-42-56(49-71(63)79)53-24-7-2-8-25-53)73-39-20-38-70-77(73)65-34-15-18-37-69(65)80(70)68-36-17-14-33-62(68)64-46-43-57(50-72(64)80)54-26-9-3-10-27-54/h1-51H. The van der Waals surface area contributed by atoms with E-state index in [1.54, 1.807) is 0 Å². The largest absolute Gasteiger partial charge is 0.456 e. The zero-order chi connectivity index (χ0) is 53.9. The molecule has 13 aromatic carbocycles. The SMILES string of the molecule is c1ccc(-c2ccc3c(c2)C(c2ccccc2)(c2cccc(N(c4cccc5c4-c4ccccc4C54c5ccccc5-c5ccc(-c6ccccc6)cc54)c4cccc5oc6ccc(-c7ccccc7)cc6c45)c2)c2ccccc2-3)cc1. The Morgan fingerprint density at radius 1 is 0.256 bits per heavy atom. The van der Waals surface area contributed by atoms with Crippen molar-refractivity contribution in [2.75, 3.05) is 4.90 Å². The summed E-state index contributed by atoms with van der Waals surface area (Å²) >= 11 is 0. The number of fused-ring (bicyclic) bond motifs is 16. The maximum absolute atomic E-state index is 6.93. The number of hydrogen-bond acceptors (Lipinski definition) is 2. The molecule has 3 aliphatic carbocycles. The number of anilines is 3. The van der Waals surface area contributed by atoms with E-state index in [0.717, 1.165) is 50.1 Å². The molecule has 2 unspecified atom stereocenters. The summed E-state index contributed by atoms with van der Waals surface area (Å²) in [5.74, 6) is 0. The lowest BCUT2D eigenvalue weighted by molar-refractivity contribution is 0.669. The lowest BCUT2D eigenvalue weighted by Crippen LogP contribution is -2.29. The van der Waals surface area contributed by atoms with E-state index in [-0.39, 0.29) is 0 Å². The molecule has 2 heteroatoms. The molecule has 382 valence electrons. The highest BCUT2D eigenvalue weighted by Gasteiger charge is 2.53. The van der Waals surface area contributed by atoms with E-state index in [9.17, 15) is 0 Å². The van der Waals surface area contributed by atoms with Gasteiger partial charge in [-0.15, -0.1) is 0 Å². The Bertz CT molecular complexity index is 4870. The van der Waals surface area contributed by atoms with Gasteiger partial charge in [0.15, 0.2) is 0 Å². The van der Waals surface area contributed by atoms with Gasteiger partial charge in [-0.2, -0.15) is 0 Å². The van der Waals surface area contributed by atoms with Crippen molar-refractivity contribution in [3.63, 3.8) is 0 Å². The van der Waals surface area contributed by atoms with E-state index in [2.05, 4.69) is 314 Å². The third kappa shape index (κ3) is 6.52. The van der Waals surface area contributed by atoms with E-state index in [1.165, 1.54) is 100 Å². The zero-order valence-corrected chi connectivity index (χ0v) is 44.8. The second-order valence-electron chi connectivity index (χ2n) is 22.2. The maximum Gasteiger partial charge on any atom is 0.137 e. The van der Waals surface area contributed by atoms with Crippen molar-refractivity contribution in [2.24, 2.45) is 0 Å². The molecule has 0 fully saturated rings. The fourth-order valence-electron chi connectivity index (χ4n) is 14.8. The predicted octanol–water partition coefficient (Wildman–Crippen LogP) is 20.8. The average molecular weight is 1040 g/mol. The first kappa shape index (κ1) is 46.4. The zero-order valence-electron chi connectivity index (χ0n) is 44.8. The molecule has 82 heavy (non-hydrogen) atoms. The van der Waals surface area contributed by atoms with E-state index >= 15 is 0 Å². The quantitative estimate of drug-likeness (QED) is 0.151. The first-order valence-electron chi connectivity index (χ1n) is 28.5. The second kappa shape index (κ2) is 18.0. The number of nitrogens with zero attached hydrogens (tertiary/aromatic N) is 1. The Morgan fingerprint density at radius 2 is 0.707 bits per heavy atom. The highest BCUT2D eigenvalue weighted by molar-refractivity contribution is 6.15. The molecule has 0 bridgehead atoms. The molecule has 1 heterocycles. The van der Waals surface area contributed by atoms with Crippen LogP contribution in [0.25, 0.3) is 88.7 Å². The molecule has 0 saturated carbocycles. The van der Waals surface area contributed by atoms with E-state index in [1.807, 2.05) is 0 Å². The molecule has 2 atom stereocenters. The van der Waals surface area contributed by atoms with Crippen LogP contribution in [0.2, 0.25) is 0 Å². The number of benzene rings is 13. The summed E-state index contributed by atoms with van der Waals surface area (Å²) in [4.78, 5) is 2.56. The Kier molecular flexibility index (Phi) is 10.2. The normalized spacial score (nSPS) is 15.9. The van der Waals surface area contributed by atoms with Gasteiger partial charge in [0.2, 0.25) is 0 Å². The number of hydrogen-bond donors (Lipinski definition) is 0. The van der Waals surface area contributed by atoms with Crippen molar-refractivity contribution in [3.05, 3.63) is 354 Å². The minimum atomic E-state index is -0.679. The van der Waals surface area contributed by atoms with Gasteiger partial charge < -0.3 is 9.32 Å². The lowest BCUT2D eigenvalue weighted by atomic mass is 9.67. The molecule has 0 aliphatic heterocycles. The second-order valence-corrected chi connectivity index (χ2v) is 22.2. The Hall–Kier alpha value is -10.5. The van der Waals surface area contributed by atoms with Crippen LogP contribution < -0.4 is 4.90 Å². The Balaban J connectivity index is 0.971. The van der Waals surface area contributed by atoms with Gasteiger partial charge in [-0.25, -0.2) is 0 Å². The highest BCUT2D eigenvalue weighted by atomic mass is 16.3. The minimum absolute atomic E-state index is 0.601. The molecule has 2 nitrogen and oxygen atoms in total. The van der Waals surface area contributed by atoms with Gasteiger partial charge in [-0.1, -0.05) is 255 Å². The first-order chi connectivity index (χ1) is 40.7. The molecular weight excluding hydrogens is 991 g/mol. The van der Waals surface area contributed by atoms with Crippen LogP contribution >= 0.6 is 0 Å². The van der Waals surface area contributed by atoms with Crippen LogP contribution in [0.5, 0.6) is 0 Å². The predicted molar refractivity (Wildman–Crippen MR) is 338 cm³/mol. The van der Waals surface area contributed by atoms with Crippen LogP contribution in [0.3, 0.4) is 0 Å². The monoisotopic (exact) mass is 1040 g/mol. The van der Waals surface area contributed by atoms with Gasteiger partial charge in [0.1, 0.15) is 11.2 Å². The summed E-state index contributed by atoms with van der Waals surface area (Å²) in [6.45, 7) is 0.